The number of nitrogens with zero attached hydrogens (tertiary/aromatic N) is 3. The largest absolute Gasteiger partial charge is 0.504 e. The number of nitrogens with one attached hydrogen (secondary N) is 2. The number of hydrogen-bond donors (Lipinski definition) is 7. The van der Waals surface area contributed by atoms with Crippen molar-refractivity contribution in [2.45, 2.75) is 36.8 Å². The lowest BCUT2D eigenvalue weighted by atomic mass is 9.81. The van der Waals surface area contributed by atoms with Crippen LogP contribution < -0.4 is 16.4 Å². The van der Waals surface area contributed by atoms with E-state index < -0.39 is 58.7 Å². The minimum absolute atomic E-state index is 0.0265. The average molecular weight is 741 g/mol. The van der Waals surface area contributed by atoms with E-state index in [1.807, 2.05) is 0 Å². The summed E-state index contributed by atoms with van der Waals surface area (Å²) >= 11 is 9.53. The fourth-order valence-electron chi connectivity index (χ4n) is 5.05. The maximum absolute atomic E-state index is 13.4. The number of thiazole rings is 1. The van der Waals surface area contributed by atoms with Gasteiger partial charge in [0.15, 0.2) is 22.3 Å². The molecule has 1 saturated heterocycles. The number of hydrogen-bond acceptors (Lipinski definition) is 14. The standard InChI is InChI=1S/C28H29ClN6O10S3/c29-16-13(4-5-15(36)20(16)37)22(38)31-6-7-46-8-12-9-47-25-18(24(40)35(25)19(12)26(41)42)33-23(39)17(14-10-48-28(30)32-14)34-45-21(27(43)44)11-2-1-3-11/h4-5,10-11,18,21,25,36-37H,1-3,6-9H2,(H2,30,32)(H,31,38)(H,33,39)(H,41,42)(H,43,44)/b34-17-/t18-,21?,25-/m1/s1. The van der Waals surface area contributed by atoms with Crippen LogP contribution in [0.4, 0.5) is 5.13 Å². The maximum atomic E-state index is 13.4. The summed E-state index contributed by atoms with van der Waals surface area (Å²) in [5.41, 5.74) is 5.65. The number of carbonyl (C=O) groups excluding carboxylic acids is 3. The number of phenols is 2. The monoisotopic (exact) mass is 740 g/mol. The molecule has 20 heteroatoms. The van der Waals surface area contributed by atoms with Crippen molar-refractivity contribution >= 4 is 87.0 Å². The number of nitrogen functional groups attached to an aromatic ring is 1. The van der Waals surface area contributed by atoms with Crippen molar-refractivity contribution in [3.8, 4) is 11.5 Å². The van der Waals surface area contributed by atoms with Gasteiger partial charge in [-0.15, -0.1) is 23.1 Å². The Hall–Kier alpha value is -4.20. The van der Waals surface area contributed by atoms with Gasteiger partial charge in [-0.25, -0.2) is 14.6 Å². The molecule has 16 nitrogen and oxygen atoms in total. The Morgan fingerprint density at radius 2 is 1.98 bits per heavy atom. The van der Waals surface area contributed by atoms with E-state index in [1.165, 1.54) is 35.0 Å². The Kier molecular flexibility index (Phi) is 10.9. The van der Waals surface area contributed by atoms with E-state index in [4.69, 9.17) is 22.2 Å². The van der Waals surface area contributed by atoms with Crippen LogP contribution in [0.15, 0.2) is 33.9 Å². The molecule has 1 aromatic carbocycles. The van der Waals surface area contributed by atoms with E-state index in [2.05, 4.69) is 20.8 Å². The molecule has 0 radical (unpaired) electrons. The van der Waals surface area contributed by atoms with Crippen LogP contribution in [0.1, 0.15) is 35.3 Å². The number of β-lactam (4-membered cyclic amide) rings is 1. The second-order valence-corrected chi connectivity index (χ2v) is 14.3. The number of thioether (sulfide) groups is 2. The van der Waals surface area contributed by atoms with Gasteiger partial charge < -0.3 is 41.6 Å². The average Bonchev–Trinajstić information content (AvgIpc) is 3.45. The van der Waals surface area contributed by atoms with Gasteiger partial charge in [-0.3, -0.25) is 19.3 Å². The van der Waals surface area contributed by atoms with Gasteiger partial charge in [0.05, 0.1) is 10.6 Å². The van der Waals surface area contributed by atoms with E-state index in [9.17, 15) is 44.4 Å². The number of rotatable bonds is 14. The van der Waals surface area contributed by atoms with Gasteiger partial charge in [-0.1, -0.05) is 23.2 Å². The van der Waals surface area contributed by atoms with Gasteiger partial charge in [0.2, 0.25) is 6.10 Å². The molecule has 5 rings (SSSR count). The van der Waals surface area contributed by atoms with Gasteiger partial charge in [0.1, 0.15) is 22.8 Å². The molecule has 1 aromatic heterocycles. The highest BCUT2D eigenvalue weighted by molar-refractivity contribution is 8.01. The quantitative estimate of drug-likeness (QED) is 0.0478. The van der Waals surface area contributed by atoms with E-state index in [0.717, 1.165) is 28.7 Å². The molecule has 1 aliphatic carbocycles. The fraction of sp³-hybridized carbons (Fsp3) is 0.393. The van der Waals surface area contributed by atoms with Crippen molar-refractivity contribution in [1.82, 2.24) is 20.5 Å². The number of phenolic OH excluding ortho intramolecular Hbond substituents is 2. The summed E-state index contributed by atoms with van der Waals surface area (Å²) in [6.45, 7) is 0.176. The molecule has 3 heterocycles. The number of aromatic nitrogens is 1. The number of oxime groups is 1. The first kappa shape index (κ1) is 35.1. The van der Waals surface area contributed by atoms with Gasteiger partial charge in [0, 0.05) is 35.1 Å². The van der Waals surface area contributed by atoms with Crippen molar-refractivity contribution < 1.29 is 49.2 Å². The number of carbonyl (C=O) groups is 5. The molecule has 3 aliphatic rings. The van der Waals surface area contributed by atoms with E-state index in [1.54, 1.807) is 0 Å². The molecule has 2 aromatic rings. The lowest BCUT2D eigenvalue weighted by Gasteiger charge is -2.49. The van der Waals surface area contributed by atoms with E-state index in [-0.39, 0.29) is 56.8 Å². The minimum Gasteiger partial charge on any atom is -0.504 e. The first-order valence-electron chi connectivity index (χ1n) is 14.3. The van der Waals surface area contributed by atoms with Crippen molar-refractivity contribution in [3.05, 3.63) is 45.1 Å². The number of aliphatic carboxylic acids is 2. The van der Waals surface area contributed by atoms with Crippen LogP contribution in [-0.4, -0.2) is 107 Å². The predicted molar refractivity (Wildman–Crippen MR) is 177 cm³/mol. The topological polar surface area (TPSA) is 254 Å². The van der Waals surface area contributed by atoms with Crippen molar-refractivity contribution in [2.75, 3.05) is 29.5 Å². The number of aromatic hydroxyl groups is 2. The third-order valence-electron chi connectivity index (χ3n) is 7.74. The highest BCUT2D eigenvalue weighted by atomic mass is 35.5. The number of amides is 3. The third-order valence-corrected chi connectivity index (χ3v) is 11.2. The molecule has 2 fully saturated rings. The number of carboxylic acids is 2. The molecule has 2 aliphatic heterocycles. The predicted octanol–water partition coefficient (Wildman–Crippen LogP) is 1.67. The number of fused-ring (bicyclic) bond motifs is 1. The van der Waals surface area contributed by atoms with Gasteiger partial charge >= 0.3 is 11.9 Å². The van der Waals surface area contributed by atoms with Crippen LogP contribution in [0.25, 0.3) is 0 Å². The zero-order valence-electron chi connectivity index (χ0n) is 24.8. The zero-order chi connectivity index (χ0) is 34.7. The summed E-state index contributed by atoms with van der Waals surface area (Å²) in [6, 6.07) is 1.30. The van der Waals surface area contributed by atoms with Crippen LogP contribution >= 0.6 is 46.5 Å². The Labute approximate surface area is 289 Å². The molecule has 0 bridgehead atoms. The molecule has 3 atom stereocenters. The van der Waals surface area contributed by atoms with Gasteiger partial charge in [0.25, 0.3) is 17.7 Å². The summed E-state index contributed by atoms with van der Waals surface area (Å²) in [6.07, 6.45) is 0.867. The summed E-state index contributed by atoms with van der Waals surface area (Å²) < 4.78 is 0. The summed E-state index contributed by atoms with van der Waals surface area (Å²) in [7, 11) is 0. The molecular formula is C28H29ClN6O10S3. The Bertz CT molecular complexity index is 1710. The first-order chi connectivity index (χ1) is 22.9. The van der Waals surface area contributed by atoms with Gasteiger partial charge in [-0.05, 0) is 30.5 Å². The van der Waals surface area contributed by atoms with Crippen molar-refractivity contribution in [2.24, 2.45) is 11.1 Å². The Morgan fingerprint density at radius 3 is 2.60 bits per heavy atom. The second kappa shape index (κ2) is 14.9. The first-order valence-corrected chi connectivity index (χ1v) is 17.8. The van der Waals surface area contributed by atoms with Crippen LogP contribution in [0.5, 0.6) is 11.5 Å². The maximum Gasteiger partial charge on any atom is 0.352 e. The van der Waals surface area contributed by atoms with Gasteiger partial charge in [-0.2, -0.15) is 11.8 Å². The molecule has 1 saturated carbocycles. The van der Waals surface area contributed by atoms with E-state index >= 15 is 0 Å². The van der Waals surface area contributed by atoms with Crippen molar-refractivity contribution in [3.63, 3.8) is 0 Å². The molecular weight excluding hydrogens is 712 g/mol. The smallest absolute Gasteiger partial charge is 0.352 e. The summed E-state index contributed by atoms with van der Waals surface area (Å²) in [5, 5.41) is 48.4. The highest BCUT2D eigenvalue weighted by Crippen LogP contribution is 2.41. The molecule has 3 amide bonds. The molecule has 256 valence electrons. The fourth-order valence-corrected chi connectivity index (χ4v) is 8.19. The number of nitrogens with two attached hydrogens (primary N) is 1. The van der Waals surface area contributed by atoms with Crippen LogP contribution in [0, 0.1) is 5.92 Å². The second-order valence-electron chi connectivity index (χ2n) is 10.8. The van der Waals surface area contributed by atoms with E-state index in [0.29, 0.717) is 24.2 Å². The summed E-state index contributed by atoms with van der Waals surface area (Å²) in [4.78, 5) is 73.5. The summed E-state index contributed by atoms with van der Waals surface area (Å²) in [5.74, 6) is -5.11. The van der Waals surface area contributed by atoms with Crippen molar-refractivity contribution in [1.29, 1.82) is 0 Å². The lowest BCUT2D eigenvalue weighted by Crippen LogP contribution is -2.71. The Morgan fingerprint density at radius 1 is 1.23 bits per heavy atom. The number of halogens is 1. The molecule has 1 unspecified atom stereocenters. The number of carboxylic acid groups (broad SMARTS) is 2. The minimum atomic E-state index is -1.31. The zero-order valence-corrected chi connectivity index (χ0v) is 28.0. The highest BCUT2D eigenvalue weighted by Gasteiger charge is 2.54. The molecule has 48 heavy (non-hydrogen) atoms. The van der Waals surface area contributed by atoms with Crippen LogP contribution in [0.2, 0.25) is 5.02 Å². The molecule has 0 spiro atoms. The third kappa shape index (κ3) is 7.27. The number of benzene rings is 1. The Balaban J connectivity index is 1.20. The number of anilines is 1. The lowest BCUT2D eigenvalue weighted by molar-refractivity contribution is -0.157. The van der Waals surface area contributed by atoms with Crippen LogP contribution in [0.3, 0.4) is 0 Å². The normalized spacial score (nSPS) is 19.9. The molecule has 8 N–H and O–H groups in total. The van der Waals surface area contributed by atoms with Crippen LogP contribution in [-0.2, 0) is 24.0 Å². The SMILES string of the molecule is Nc1nc(/C(=N/OC(C(=O)O)C2CCC2)C(=O)N[C@@H]2C(=O)N3C(C(=O)O)=C(CSCCNC(=O)c4ccc(O)c(O)c4Cl)CS[C@H]23)cs1.